The lowest BCUT2D eigenvalue weighted by atomic mass is 9.95. The minimum atomic E-state index is -4.94. The number of carbonyl (C=O) groups excluding carboxylic acids is 3. The molecule has 6 nitrogen and oxygen atoms in total. The third-order valence-corrected chi connectivity index (χ3v) is 4.83. The van der Waals surface area contributed by atoms with Crippen LogP contribution in [0.3, 0.4) is 0 Å². The van der Waals surface area contributed by atoms with Gasteiger partial charge in [-0.15, -0.1) is 0 Å². The molecule has 2 amide bonds. The second kappa shape index (κ2) is 9.23. The summed E-state index contributed by atoms with van der Waals surface area (Å²) in [4.78, 5) is 38.5. The van der Waals surface area contributed by atoms with Gasteiger partial charge in [0.25, 0.3) is 0 Å². The van der Waals surface area contributed by atoms with Crippen molar-refractivity contribution in [2.75, 3.05) is 13.1 Å². The van der Waals surface area contributed by atoms with E-state index in [1.54, 1.807) is 20.8 Å². The molecule has 1 unspecified atom stereocenters. The van der Waals surface area contributed by atoms with Crippen molar-refractivity contribution in [3.63, 3.8) is 0 Å². The zero-order valence-electron chi connectivity index (χ0n) is 17.8. The number of ketones is 1. The molecular weight excluding hydrogens is 420 g/mol. The third kappa shape index (κ3) is 6.67. The second-order valence-corrected chi connectivity index (χ2v) is 8.53. The number of alkyl halides is 3. The third-order valence-electron chi connectivity index (χ3n) is 4.83. The molecule has 1 aromatic carbocycles. The molecule has 0 spiro atoms. The minimum Gasteiger partial charge on any atom is -0.444 e. The predicted molar refractivity (Wildman–Crippen MR) is 104 cm³/mol. The van der Waals surface area contributed by atoms with Gasteiger partial charge in [-0.05, 0) is 58.7 Å². The second-order valence-electron chi connectivity index (χ2n) is 8.53. The number of nitrogens with zero attached hydrogens (tertiary/aromatic N) is 1. The van der Waals surface area contributed by atoms with Crippen molar-refractivity contribution in [3.05, 3.63) is 35.1 Å². The van der Waals surface area contributed by atoms with Gasteiger partial charge in [-0.2, -0.15) is 13.2 Å². The Labute approximate surface area is 177 Å². The van der Waals surface area contributed by atoms with Crippen LogP contribution in [0.15, 0.2) is 18.2 Å². The van der Waals surface area contributed by atoms with Gasteiger partial charge in [-0.25, -0.2) is 9.18 Å². The number of amides is 2. The summed E-state index contributed by atoms with van der Waals surface area (Å²) in [5, 5.41) is 2.50. The summed E-state index contributed by atoms with van der Waals surface area (Å²) in [6.45, 7) is 7.23. The zero-order valence-corrected chi connectivity index (χ0v) is 17.8. The van der Waals surface area contributed by atoms with Gasteiger partial charge < -0.3 is 15.0 Å². The summed E-state index contributed by atoms with van der Waals surface area (Å²) >= 11 is 0. The van der Waals surface area contributed by atoms with E-state index in [1.165, 1.54) is 11.8 Å². The smallest absolute Gasteiger partial charge is 0.419 e. The molecule has 0 aliphatic carbocycles. The van der Waals surface area contributed by atoms with Crippen molar-refractivity contribution in [3.8, 4) is 0 Å². The molecule has 1 aliphatic rings. The molecule has 1 N–H and O–H groups in total. The van der Waals surface area contributed by atoms with Crippen LogP contribution in [0.2, 0.25) is 0 Å². The van der Waals surface area contributed by atoms with Crippen LogP contribution >= 0.6 is 0 Å². The van der Waals surface area contributed by atoms with Gasteiger partial charge in [0.2, 0.25) is 5.91 Å². The van der Waals surface area contributed by atoms with E-state index in [0.717, 1.165) is 6.07 Å². The highest BCUT2D eigenvalue weighted by atomic mass is 19.4. The van der Waals surface area contributed by atoms with Crippen LogP contribution < -0.4 is 5.32 Å². The highest BCUT2D eigenvalue weighted by Gasteiger charge is 2.35. The maximum absolute atomic E-state index is 13.4. The Morgan fingerprint density at radius 1 is 1.13 bits per heavy atom. The summed E-state index contributed by atoms with van der Waals surface area (Å²) in [6, 6.07) is 0.883. The van der Waals surface area contributed by atoms with Gasteiger partial charge >= 0.3 is 12.3 Å². The fourth-order valence-electron chi connectivity index (χ4n) is 3.19. The van der Waals surface area contributed by atoms with Crippen LogP contribution in [-0.4, -0.2) is 47.4 Å². The number of hydrogen-bond donors (Lipinski definition) is 1. The van der Waals surface area contributed by atoms with Gasteiger partial charge in [0.15, 0.2) is 5.78 Å². The molecule has 10 heteroatoms. The highest BCUT2D eigenvalue weighted by molar-refractivity contribution is 6.02. The SMILES string of the molecule is CC(NC(=O)C1CCN(C(=O)OC(C)(C)C)CC1)C(=O)c1ccc(F)c(C(F)(F)F)c1. The fourth-order valence-corrected chi connectivity index (χ4v) is 3.19. The van der Waals surface area contributed by atoms with E-state index in [0.29, 0.717) is 38.1 Å². The molecule has 1 aromatic rings. The number of Topliss-reactive ketones (excluding diaryl/α,β-unsaturated/α-hetero) is 1. The standard InChI is InChI=1S/C21H26F4N2O4/c1-12(17(28)14-5-6-16(22)15(11-14)21(23,24)25)26-18(29)13-7-9-27(10-8-13)19(30)31-20(2,3)4/h5-6,11-13H,7-10H2,1-4H3,(H,26,29). The molecule has 172 valence electrons. The van der Waals surface area contributed by atoms with Crippen LogP contribution in [0.5, 0.6) is 0 Å². The molecule has 1 fully saturated rings. The number of likely N-dealkylation sites (tertiary alicyclic amines) is 1. The minimum absolute atomic E-state index is 0.308. The van der Waals surface area contributed by atoms with Gasteiger partial charge in [0.05, 0.1) is 11.6 Å². The van der Waals surface area contributed by atoms with Gasteiger partial charge in [0.1, 0.15) is 11.4 Å². The first-order valence-corrected chi connectivity index (χ1v) is 9.88. The number of carbonyl (C=O) groups is 3. The van der Waals surface area contributed by atoms with Crippen molar-refractivity contribution < 1.29 is 36.7 Å². The largest absolute Gasteiger partial charge is 0.444 e. The van der Waals surface area contributed by atoms with Gasteiger partial charge in [0, 0.05) is 24.6 Å². The average molecular weight is 446 g/mol. The summed E-state index contributed by atoms with van der Waals surface area (Å²) in [5.41, 5.74) is -2.51. The summed E-state index contributed by atoms with van der Waals surface area (Å²) in [6.07, 6.45) is -4.68. The number of halogens is 4. The van der Waals surface area contributed by atoms with Gasteiger partial charge in [-0.1, -0.05) is 0 Å². The fraction of sp³-hybridized carbons (Fsp3) is 0.571. The van der Waals surface area contributed by atoms with E-state index < -0.39 is 52.9 Å². The monoisotopic (exact) mass is 446 g/mol. The lowest BCUT2D eigenvalue weighted by molar-refractivity contribution is -0.140. The molecule has 31 heavy (non-hydrogen) atoms. The Balaban J connectivity index is 1.95. The molecule has 2 rings (SSSR count). The first-order valence-electron chi connectivity index (χ1n) is 9.88. The summed E-state index contributed by atoms with van der Waals surface area (Å²) in [7, 11) is 0. The molecule has 0 radical (unpaired) electrons. The molecular formula is C21H26F4N2O4. The number of nitrogens with one attached hydrogen (secondary N) is 1. The number of ether oxygens (including phenoxy) is 1. The first kappa shape index (κ1) is 24.6. The number of benzene rings is 1. The van der Waals surface area contributed by atoms with Crippen LogP contribution in [0, 0.1) is 11.7 Å². The molecule has 1 aliphatic heterocycles. The Morgan fingerprint density at radius 3 is 2.23 bits per heavy atom. The Hall–Kier alpha value is -2.65. The predicted octanol–water partition coefficient (Wildman–Crippen LogP) is 4.18. The van der Waals surface area contributed by atoms with E-state index >= 15 is 0 Å². The molecule has 1 atom stereocenters. The van der Waals surface area contributed by atoms with Crippen molar-refractivity contribution >= 4 is 17.8 Å². The first-order chi connectivity index (χ1) is 14.2. The Kier molecular flexibility index (Phi) is 7.33. The molecule has 0 saturated carbocycles. The van der Waals surface area contributed by atoms with Crippen LogP contribution in [0.25, 0.3) is 0 Å². The number of rotatable bonds is 4. The van der Waals surface area contributed by atoms with E-state index in [9.17, 15) is 31.9 Å². The Bertz CT molecular complexity index is 841. The maximum atomic E-state index is 13.4. The van der Waals surface area contributed by atoms with E-state index in [4.69, 9.17) is 4.74 Å². The average Bonchev–Trinajstić information content (AvgIpc) is 2.65. The summed E-state index contributed by atoms with van der Waals surface area (Å²) in [5.74, 6) is -3.11. The van der Waals surface area contributed by atoms with Crippen molar-refractivity contribution in [1.29, 1.82) is 0 Å². The topological polar surface area (TPSA) is 75.7 Å². The van der Waals surface area contributed by atoms with Crippen molar-refractivity contribution in [2.45, 2.75) is 58.4 Å². The Morgan fingerprint density at radius 2 is 1.71 bits per heavy atom. The zero-order chi connectivity index (χ0) is 23.6. The van der Waals surface area contributed by atoms with E-state index in [2.05, 4.69) is 5.32 Å². The molecule has 1 heterocycles. The van der Waals surface area contributed by atoms with Crippen LogP contribution in [0.4, 0.5) is 22.4 Å². The van der Waals surface area contributed by atoms with E-state index in [1.807, 2.05) is 0 Å². The lowest BCUT2D eigenvalue weighted by Crippen LogP contribution is -2.47. The molecule has 0 aromatic heterocycles. The maximum Gasteiger partial charge on any atom is 0.419 e. The lowest BCUT2D eigenvalue weighted by Gasteiger charge is -2.33. The van der Waals surface area contributed by atoms with Crippen molar-refractivity contribution in [1.82, 2.24) is 10.2 Å². The van der Waals surface area contributed by atoms with Gasteiger partial charge in [-0.3, -0.25) is 9.59 Å². The quantitative estimate of drug-likeness (QED) is 0.556. The number of hydrogen-bond acceptors (Lipinski definition) is 4. The summed E-state index contributed by atoms with van der Waals surface area (Å²) < 4.78 is 57.3. The van der Waals surface area contributed by atoms with Crippen LogP contribution in [0.1, 0.15) is 56.5 Å². The number of piperidine rings is 1. The normalized spacial score (nSPS) is 16.6. The van der Waals surface area contributed by atoms with Crippen LogP contribution in [-0.2, 0) is 15.7 Å². The highest BCUT2D eigenvalue weighted by Crippen LogP contribution is 2.32. The molecule has 0 bridgehead atoms. The van der Waals surface area contributed by atoms with Crippen molar-refractivity contribution in [2.24, 2.45) is 5.92 Å². The van der Waals surface area contributed by atoms with E-state index in [-0.39, 0.29) is 5.56 Å². The molecule has 1 saturated heterocycles.